The first kappa shape index (κ1) is 23.2. The summed E-state index contributed by atoms with van der Waals surface area (Å²) in [5.74, 6) is -0.655. The van der Waals surface area contributed by atoms with Gasteiger partial charge in [-0.2, -0.15) is 0 Å². The summed E-state index contributed by atoms with van der Waals surface area (Å²) in [6, 6.07) is 0. The van der Waals surface area contributed by atoms with E-state index in [1.54, 1.807) is 0 Å². The fourth-order valence-electron chi connectivity index (χ4n) is 3.05. The lowest BCUT2D eigenvalue weighted by atomic mass is 10.0. The van der Waals surface area contributed by atoms with Crippen LogP contribution < -0.4 is 0 Å². The molecule has 0 fully saturated rings. The van der Waals surface area contributed by atoms with Gasteiger partial charge in [-0.05, 0) is 32.1 Å². The first-order chi connectivity index (χ1) is 11.8. The first-order valence-corrected chi connectivity index (χ1v) is 10.6. The Labute approximate surface area is 151 Å². The van der Waals surface area contributed by atoms with E-state index in [9.17, 15) is 4.79 Å². The average Bonchev–Trinajstić information content (AvgIpc) is 2.56. The topological polar surface area (TPSA) is 37.3 Å². The van der Waals surface area contributed by atoms with Crippen molar-refractivity contribution in [2.75, 3.05) is 0 Å². The molecule has 0 aliphatic heterocycles. The lowest BCUT2D eigenvalue weighted by molar-refractivity contribution is -0.137. The van der Waals surface area contributed by atoms with Crippen LogP contribution in [0.25, 0.3) is 0 Å². The van der Waals surface area contributed by atoms with Gasteiger partial charge in [0.1, 0.15) is 0 Å². The lowest BCUT2D eigenvalue weighted by Crippen LogP contribution is -1.93. The Kier molecular flexibility index (Phi) is 19.6. The van der Waals surface area contributed by atoms with Crippen LogP contribution in [-0.2, 0) is 4.79 Å². The molecule has 0 saturated carbocycles. The van der Waals surface area contributed by atoms with Gasteiger partial charge in [-0.1, -0.05) is 96.1 Å². The van der Waals surface area contributed by atoms with E-state index in [1.807, 2.05) is 0 Å². The summed E-state index contributed by atoms with van der Waals surface area (Å²) in [6.07, 6.45) is 27.1. The fraction of sp³-hybridized carbons (Fsp3) is 0.864. The van der Waals surface area contributed by atoms with Gasteiger partial charge in [-0.3, -0.25) is 4.79 Å². The summed E-state index contributed by atoms with van der Waals surface area (Å²) in [7, 11) is 0. The van der Waals surface area contributed by atoms with Crippen LogP contribution in [0.2, 0.25) is 0 Å². The normalized spacial score (nSPS) is 11.4. The van der Waals surface area contributed by atoms with Gasteiger partial charge in [0, 0.05) is 6.42 Å². The maximum atomic E-state index is 10.4. The SMILES string of the molecule is CCCCCC/C=C/CCCCCCCCCCCCCC(=O)O. The minimum absolute atomic E-state index is 0.341. The number of carboxylic acid groups (broad SMARTS) is 1. The molecule has 1 N–H and O–H groups in total. The third-order valence-corrected chi connectivity index (χ3v) is 4.65. The van der Waals surface area contributed by atoms with Crippen LogP contribution >= 0.6 is 0 Å². The van der Waals surface area contributed by atoms with E-state index in [-0.39, 0.29) is 0 Å². The molecule has 0 heterocycles. The van der Waals surface area contributed by atoms with Crippen molar-refractivity contribution < 1.29 is 9.90 Å². The van der Waals surface area contributed by atoms with Crippen molar-refractivity contribution in [3.05, 3.63) is 12.2 Å². The highest BCUT2D eigenvalue weighted by Crippen LogP contribution is 2.13. The highest BCUT2D eigenvalue weighted by atomic mass is 16.4. The molecule has 2 nitrogen and oxygen atoms in total. The van der Waals surface area contributed by atoms with Gasteiger partial charge >= 0.3 is 5.97 Å². The second kappa shape index (κ2) is 20.3. The molecule has 0 aromatic heterocycles. The number of carboxylic acids is 1. The van der Waals surface area contributed by atoms with E-state index in [0.29, 0.717) is 6.42 Å². The number of aliphatic carboxylic acids is 1. The number of hydrogen-bond donors (Lipinski definition) is 1. The molecule has 24 heavy (non-hydrogen) atoms. The largest absolute Gasteiger partial charge is 0.481 e. The molecule has 0 aromatic carbocycles. The monoisotopic (exact) mass is 338 g/mol. The lowest BCUT2D eigenvalue weighted by Gasteiger charge is -2.02. The zero-order valence-electron chi connectivity index (χ0n) is 16.2. The molecule has 0 aliphatic carbocycles. The van der Waals surface area contributed by atoms with Crippen LogP contribution in [0.1, 0.15) is 122 Å². The molecular formula is C22H42O2. The van der Waals surface area contributed by atoms with Gasteiger partial charge < -0.3 is 5.11 Å². The molecule has 0 radical (unpaired) electrons. The Morgan fingerprint density at radius 2 is 1.00 bits per heavy atom. The number of carbonyl (C=O) groups is 1. The number of allylic oxidation sites excluding steroid dienone is 2. The van der Waals surface area contributed by atoms with Crippen molar-refractivity contribution in [3.8, 4) is 0 Å². The predicted octanol–water partition coefficient (Wildman–Crippen LogP) is 7.67. The summed E-state index contributed by atoms with van der Waals surface area (Å²) in [5, 5.41) is 8.55. The van der Waals surface area contributed by atoms with Crippen molar-refractivity contribution in [1.82, 2.24) is 0 Å². The fourth-order valence-corrected chi connectivity index (χ4v) is 3.05. The van der Waals surface area contributed by atoms with Gasteiger partial charge in [-0.15, -0.1) is 0 Å². The maximum Gasteiger partial charge on any atom is 0.303 e. The number of unbranched alkanes of at least 4 members (excludes halogenated alkanes) is 15. The number of rotatable bonds is 19. The number of hydrogen-bond acceptors (Lipinski definition) is 1. The van der Waals surface area contributed by atoms with Gasteiger partial charge in [0.2, 0.25) is 0 Å². The molecule has 0 bridgehead atoms. The molecule has 2 heteroatoms. The smallest absolute Gasteiger partial charge is 0.303 e. The molecule has 0 unspecified atom stereocenters. The minimum Gasteiger partial charge on any atom is -0.481 e. The second-order valence-electron chi connectivity index (χ2n) is 7.14. The minimum atomic E-state index is -0.655. The summed E-state index contributed by atoms with van der Waals surface area (Å²) >= 11 is 0. The molecule has 0 aliphatic rings. The van der Waals surface area contributed by atoms with Crippen LogP contribution in [-0.4, -0.2) is 11.1 Å². The van der Waals surface area contributed by atoms with Crippen molar-refractivity contribution >= 4 is 5.97 Å². The summed E-state index contributed by atoms with van der Waals surface area (Å²) in [6.45, 7) is 2.26. The summed E-state index contributed by atoms with van der Waals surface area (Å²) < 4.78 is 0. The zero-order valence-corrected chi connectivity index (χ0v) is 16.2. The third kappa shape index (κ3) is 21.2. The summed E-state index contributed by atoms with van der Waals surface area (Å²) in [5.41, 5.74) is 0. The predicted molar refractivity (Wildman–Crippen MR) is 106 cm³/mol. The van der Waals surface area contributed by atoms with Gasteiger partial charge in [0.25, 0.3) is 0 Å². The Morgan fingerprint density at radius 1 is 0.625 bits per heavy atom. The van der Waals surface area contributed by atoms with E-state index >= 15 is 0 Å². The van der Waals surface area contributed by atoms with Gasteiger partial charge in [0.15, 0.2) is 0 Å². The molecule has 0 amide bonds. The van der Waals surface area contributed by atoms with Crippen molar-refractivity contribution in [2.24, 2.45) is 0 Å². The molecule has 0 atom stereocenters. The zero-order chi connectivity index (χ0) is 17.7. The molecule has 0 spiro atoms. The molecule has 142 valence electrons. The standard InChI is InChI=1S/C22H42O2/c1-2-3-4-5-6-7-8-9-10-11-12-13-14-15-16-17-18-19-20-21-22(23)24/h7-8H,2-6,9-21H2,1H3,(H,23,24)/b8-7+. The Hall–Kier alpha value is -0.790. The quantitative estimate of drug-likeness (QED) is 0.194. The Bertz CT molecular complexity index is 284. The van der Waals surface area contributed by atoms with E-state index < -0.39 is 5.97 Å². The van der Waals surface area contributed by atoms with Crippen LogP contribution in [0.4, 0.5) is 0 Å². The van der Waals surface area contributed by atoms with E-state index in [0.717, 1.165) is 12.8 Å². The van der Waals surface area contributed by atoms with E-state index in [2.05, 4.69) is 19.1 Å². The third-order valence-electron chi connectivity index (χ3n) is 4.65. The highest BCUT2D eigenvalue weighted by Gasteiger charge is 1.96. The van der Waals surface area contributed by atoms with Crippen LogP contribution in [0, 0.1) is 0 Å². The average molecular weight is 339 g/mol. The van der Waals surface area contributed by atoms with Crippen molar-refractivity contribution in [3.63, 3.8) is 0 Å². The van der Waals surface area contributed by atoms with Crippen LogP contribution in [0.5, 0.6) is 0 Å². The van der Waals surface area contributed by atoms with Crippen LogP contribution in [0.15, 0.2) is 12.2 Å². The Balaban J connectivity index is 3.05. The van der Waals surface area contributed by atoms with E-state index in [4.69, 9.17) is 5.11 Å². The van der Waals surface area contributed by atoms with Crippen molar-refractivity contribution in [2.45, 2.75) is 122 Å². The van der Waals surface area contributed by atoms with Gasteiger partial charge in [-0.25, -0.2) is 0 Å². The van der Waals surface area contributed by atoms with Crippen molar-refractivity contribution in [1.29, 1.82) is 0 Å². The molecular weight excluding hydrogens is 296 g/mol. The maximum absolute atomic E-state index is 10.4. The van der Waals surface area contributed by atoms with Crippen LogP contribution in [0.3, 0.4) is 0 Å². The highest BCUT2D eigenvalue weighted by molar-refractivity contribution is 5.66. The van der Waals surface area contributed by atoms with Gasteiger partial charge in [0.05, 0.1) is 0 Å². The molecule has 0 aromatic rings. The van der Waals surface area contributed by atoms with E-state index in [1.165, 1.54) is 96.3 Å². The summed E-state index contributed by atoms with van der Waals surface area (Å²) in [4.78, 5) is 10.4. The first-order valence-electron chi connectivity index (χ1n) is 10.6. The molecule has 0 rings (SSSR count). The second-order valence-corrected chi connectivity index (χ2v) is 7.14. The molecule has 0 saturated heterocycles. The Morgan fingerprint density at radius 3 is 1.42 bits per heavy atom.